The lowest BCUT2D eigenvalue weighted by molar-refractivity contribution is 0.0941. The predicted molar refractivity (Wildman–Crippen MR) is 122 cm³/mol. The molecule has 2 N–H and O–H groups in total. The Labute approximate surface area is 181 Å². The maximum atomic E-state index is 12.9. The van der Waals surface area contributed by atoms with Crippen LogP contribution in [-0.2, 0) is 12.8 Å². The Bertz CT molecular complexity index is 1020. The van der Waals surface area contributed by atoms with Gasteiger partial charge in [-0.3, -0.25) is 9.59 Å². The molecule has 0 aliphatic heterocycles. The van der Waals surface area contributed by atoms with Gasteiger partial charge in [0.05, 0.1) is 22.2 Å². The fraction of sp³-hybridized carbons (Fsp3) is 0.280. The smallest absolute Gasteiger partial charge is 0.265 e. The molecule has 154 valence electrons. The number of nitrogens with one attached hydrogen (secondary N) is 2. The van der Waals surface area contributed by atoms with Crippen molar-refractivity contribution in [2.24, 2.45) is 0 Å². The maximum absolute atomic E-state index is 12.9. The van der Waals surface area contributed by atoms with Gasteiger partial charge in [0.1, 0.15) is 0 Å². The number of amides is 2. The Balaban J connectivity index is 1.49. The summed E-state index contributed by atoms with van der Waals surface area (Å²) in [5.74, 6) is -0.353. The fourth-order valence-electron chi connectivity index (χ4n) is 3.85. The van der Waals surface area contributed by atoms with Crippen LogP contribution in [-0.4, -0.2) is 11.8 Å². The van der Waals surface area contributed by atoms with Gasteiger partial charge in [0.25, 0.3) is 11.8 Å². The Morgan fingerprint density at radius 3 is 2.47 bits per heavy atom. The van der Waals surface area contributed by atoms with E-state index < -0.39 is 0 Å². The van der Waals surface area contributed by atoms with Gasteiger partial charge in [0, 0.05) is 4.88 Å². The molecule has 0 radical (unpaired) electrons. The SMILES string of the molecule is C[C@H](NC(=O)c1ccccc1NC(=O)c1cc2c(s1)CCCCC2)c1ccccc1. The molecule has 1 aliphatic carbocycles. The minimum Gasteiger partial charge on any atom is -0.345 e. The van der Waals surface area contributed by atoms with Gasteiger partial charge in [-0.05, 0) is 61.9 Å². The van der Waals surface area contributed by atoms with Crippen LogP contribution in [0.4, 0.5) is 5.69 Å². The molecule has 0 unspecified atom stereocenters. The van der Waals surface area contributed by atoms with Crippen molar-refractivity contribution < 1.29 is 9.59 Å². The molecule has 1 atom stereocenters. The molecule has 0 saturated heterocycles. The van der Waals surface area contributed by atoms with Crippen molar-refractivity contribution in [3.63, 3.8) is 0 Å². The summed E-state index contributed by atoms with van der Waals surface area (Å²) in [5, 5.41) is 5.98. The van der Waals surface area contributed by atoms with E-state index in [1.54, 1.807) is 23.5 Å². The first kappa shape index (κ1) is 20.4. The molecule has 2 aromatic carbocycles. The summed E-state index contributed by atoms with van der Waals surface area (Å²) < 4.78 is 0. The van der Waals surface area contributed by atoms with Gasteiger partial charge in [-0.15, -0.1) is 11.3 Å². The highest BCUT2D eigenvalue weighted by molar-refractivity contribution is 7.14. The lowest BCUT2D eigenvalue weighted by Gasteiger charge is -2.16. The van der Waals surface area contributed by atoms with Gasteiger partial charge in [-0.25, -0.2) is 0 Å². The van der Waals surface area contributed by atoms with E-state index in [1.807, 2.05) is 55.5 Å². The lowest BCUT2D eigenvalue weighted by Crippen LogP contribution is -2.27. The normalized spacial score (nSPS) is 14.3. The van der Waals surface area contributed by atoms with Crippen LogP contribution in [0.2, 0.25) is 0 Å². The third-order valence-electron chi connectivity index (χ3n) is 5.54. The monoisotopic (exact) mass is 418 g/mol. The zero-order valence-corrected chi connectivity index (χ0v) is 17.9. The molecular weight excluding hydrogens is 392 g/mol. The van der Waals surface area contributed by atoms with Crippen LogP contribution in [0.1, 0.15) is 68.3 Å². The second kappa shape index (κ2) is 9.26. The zero-order chi connectivity index (χ0) is 20.9. The van der Waals surface area contributed by atoms with E-state index in [9.17, 15) is 9.59 Å². The van der Waals surface area contributed by atoms with Crippen molar-refractivity contribution in [2.45, 2.75) is 45.1 Å². The maximum Gasteiger partial charge on any atom is 0.265 e. The Morgan fingerprint density at radius 2 is 1.63 bits per heavy atom. The molecule has 5 heteroatoms. The van der Waals surface area contributed by atoms with E-state index in [2.05, 4.69) is 10.6 Å². The quantitative estimate of drug-likeness (QED) is 0.518. The van der Waals surface area contributed by atoms with Crippen LogP contribution in [0.3, 0.4) is 0 Å². The second-order valence-corrected chi connectivity index (χ2v) is 8.86. The molecule has 4 rings (SSSR count). The average molecular weight is 419 g/mol. The second-order valence-electron chi connectivity index (χ2n) is 7.73. The summed E-state index contributed by atoms with van der Waals surface area (Å²) in [5.41, 5.74) is 3.34. The summed E-state index contributed by atoms with van der Waals surface area (Å²) >= 11 is 1.59. The summed E-state index contributed by atoms with van der Waals surface area (Å²) in [6.07, 6.45) is 5.75. The van der Waals surface area contributed by atoms with Crippen LogP contribution in [0.15, 0.2) is 60.7 Å². The first-order valence-electron chi connectivity index (χ1n) is 10.5. The van der Waals surface area contributed by atoms with Crippen LogP contribution in [0.5, 0.6) is 0 Å². The number of carbonyl (C=O) groups is 2. The van der Waals surface area contributed by atoms with Crippen LogP contribution in [0, 0.1) is 0 Å². The summed E-state index contributed by atoms with van der Waals surface area (Å²) in [4.78, 5) is 27.9. The van der Waals surface area contributed by atoms with Gasteiger partial charge in [0.15, 0.2) is 0 Å². The molecule has 2 amide bonds. The number of aryl methyl sites for hydroxylation is 2. The number of thiophene rings is 1. The van der Waals surface area contributed by atoms with Crippen LogP contribution in [0.25, 0.3) is 0 Å². The number of hydrogen-bond acceptors (Lipinski definition) is 3. The number of anilines is 1. The molecule has 0 spiro atoms. The van der Waals surface area contributed by atoms with E-state index in [0.29, 0.717) is 11.3 Å². The first-order valence-corrected chi connectivity index (χ1v) is 11.3. The number of hydrogen-bond donors (Lipinski definition) is 2. The van der Waals surface area contributed by atoms with Crippen LogP contribution >= 0.6 is 11.3 Å². The minimum atomic E-state index is -0.204. The zero-order valence-electron chi connectivity index (χ0n) is 17.1. The number of rotatable bonds is 5. The molecule has 4 nitrogen and oxygen atoms in total. The van der Waals surface area contributed by atoms with E-state index in [-0.39, 0.29) is 17.9 Å². The van der Waals surface area contributed by atoms with Crippen LogP contribution < -0.4 is 10.6 Å². The number of carbonyl (C=O) groups excluding carboxylic acids is 2. The third kappa shape index (κ3) is 4.62. The molecule has 30 heavy (non-hydrogen) atoms. The first-order chi connectivity index (χ1) is 14.6. The summed E-state index contributed by atoms with van der Waals surface area (Å²) in [7, 11) is 0. The van der Waals surface area contributed by atoms with E-state index >= 15 is 0 Å². The van der Waals surface area contributed by atoms with E-state index in [0.717, 1.165) is 23.3 Å². The Morgan fingerprint density at radius 1 is 0.900 bits per heavy atom. The van der Waals surface area contributed by atoms with Gasteiger partial charge < -0.3 is 10.6 Å². The highest BCUT2D eigenvalue weighted by Gasteiger charge is 2.19. The fourth-order valence-corrected chi connectivity index (χ4v) is 5.00. The predicted octanol–water partition coefficient (Wildman–Crippen LogP) is 5.76. The van der Waals surface area contributed by atoms with Crippen molar-refractivity contribution in [3.8, 4) is 0 Å². The van der Waals surface area contributed by atoms with Gasteiger partial charge >= 0.3 is 0 Å². The molecule has 0 saturated carbocycles. The van der Waals surface area contributed by atoms with Gasteiger partial charge in [-0.1, -0.05) is 48.9 Å². The van der Waals surface area contributed by atoms with Crippen molar-refractivity contribution in [1.29, 1.82) is 0 Å². The number of fused-ring (bicyclic) bond motifs is 1. The van der Waals surface area contributed by atoms with Crippen molar-refractivity contribution in [2.75, 3.05) is 5.32 Å². The minimum absolute atomic E-state index is 0.129. The molecule has 0 bridgehead atoms. The standard InChI is InChI=1S/C25H26N2O2S/c1-17(18-10-4-2-5-11-18)26-24(28)20-13-8-9-14-21(20)27-25(29)23-16-19-12-6-3-7-15-22(19)30-23/h2,4-5,8-11,13-14,16-17H,3,6-7,12,15H2,1H3,(H,26,28)(H,27,29)/t17-/m0/s1. The summed E-state index contributed by atoms with van der Waals surface area (Å²) in [6, 6.07) is 18.9. The highest BCUT2D eigenvalue weighted by Crippen LogP contribution is 2.30. The van der Waals surface area contributed by atoms with Gasteiger partial charge in [0.2, 0.25) is 0 Å². The van der Waals surface area contributed by atoms with Crippen molar-refractivity contribution in [1.82, 2.24) is 5.32 Å². The molecule has 1 aromatic heterocycles. The molecular formula is C25H26N2O2S. The highest BCUT2D eigenvalue weighted by atomic mass is 32.1. The molecule has 3 aromatic rings. The van der Waals surface area contributed by atoms with E-state index in [4.69, 9.17) is 0 Å². The Kier molecular flexibility index (Phi) is 6.29. The van der Waals surface area contributed by atoms with Crippen molar-refractivity contribution in [3.05, 3.63) is 87.1 Å². The largest absolute Gasteiger partial charge is 0.345 e. The number of para-hydroxylation sites is 1. The average Bonchev–Trinajstić information content (AvgIpc) is 3.05. The molecule has 0 fully saturated rings. The van der Waals surface area contributed by atoms with Gasteiger partial charge in [-0.2, -0.15) is 0 Å². The topological polar surface area (TPSA) is 58.2 Å². The Hall–Kier alpha value is -2.92. The number of benzene rings is 2. The third-order valence-corrected chi connectivity index (χ3v) is 6.77. The summed E-state index contributed by atoms with van der Waals surface area (Å²) in [6.45, 7) is 1.95. The molecule has 1 aliphatic rings. The molecule has 1 heterocycles. The van der Waals surface area contributed by atoms with Crippen molar-refractivity contribution >= 4 is 28.8 Å². The lowest BCUT2D eigenvalue weighted by atomic mass is 10.1. The van der Waals surface area contributed by atoms with E-state index in [1.165, 1.54) is 29.7 Å².